The second kappa shape index (κ2) is 16.6. The molecule has 1 aliphatic heterocycles. The molecule has 0 spiro atoms. The third kappa shape index (κ3) is 11.4. The zero-order valence-corrected chi connectivity index (χ0v) is 14.1. The minimum Gasteiger partial charge on any atom is -0.397 e. The molecule has 1 N–H and O–H groups in total. The molecule has 1 saturated heterocycles. The smallest absolute Gasteiger partial charge is 0.106 e. The van der Waals surface area contributed by atoms with Crippen LogP contribution in [0.15, 0.2) is 0 Å². The monoisotopic (exact) mass is 288 g/mol. The number of aliphatic hydroxyl groups excluding tert-OH is 1. The first-order valence-corrected chi connectivity index (χ1v) is 8.05. The Morgan fingerprint density at radius 1 is 1.25 bits per heavy atom. The molecule has 1 rings (SSSR count). The predicted octanol–water partition coefficient (Wildman–Crippen LogP) is 2.41. The van der Waals surface area contributed by atoms with Gasteiger partial charge in [-0.1, -0.05) is 13.8 Å². The molecule has 1 aliphatic rings. The molecule has 1 unspecified atom stereocenters. The quantitative estimate of drug-likeness (QED) is 0.781. The summed E-state index contributed by atoms with van der Waals surface area (Å²) in [4.78, 5) is 13.2. The summed E-state index contributed by atoms with van der Waals surface area (Å²) in [6, 6.07) is 0.839. The van der Waals surface area contributed by atoms with Crippen LogP contribution in [0.4, 0.5) is 0 Å². The lowest BCUT2D eigenvalue weighted by Gasteiger charge is -2.24. The van der Waals surface area contributed by atoms with E-state index in [2.05, 4.69) is 30.6 Å². The lowest BCUT2D eigenvalue weighted by atomic mass is 10.2. The van der Waals surface area contributed by atoms with Gasteiger partial charge in [-0.3, -0.25) is 0 Å². The Morgan fingerprint density at radius 3 is 2.25 bits per heavy atom. The Hall–Kier alpha value is -0.450. The number of carbonyl (C=O) groups excluding carboxylic acids is 1. The molecule has 0 aliphatic carbocycles. The number of carbonyl (C=O) groups is 1. The van der Waals surface area contributed by atoms with Gasteiger partial charge in [0.2, 0.25) is 0 Å². The van der Waals surface area contributed by atoms with E-state index in [0.717, 1.165) is 6.04 Å². The SMILES string of the molecule is C=O.CCCN(CC)CCCN1CCCC1C.CCO. The Labute approximate surface area is 126 Å². The van der Waals surface area contributed by atoms with Crippen molar-refractivity contribution in [1.82, 2.24) is 9.80 Å². The summed E-state index contributed by atoms with van der Waals surface area (Å²) in [7, 11) is 0. The summed E-state index contributed by atoms with van der Waals surface area (Å²) in [5.41, 5.74) is 0. The van der Waals surface area contributed by atoms with Crippen LogP contribution in [-0.4, -0.2) is 67.1 Å². The van der Waals surface area contributed by atoms with E-state index in [1.54, 1.807) is 6.92 Å². The van der Waals surface area contributed by atoms with Crippen molar-refractivity contribution in [3.63, 3.8) is 0 Å². The molecule has 1 heterocycles. The largest absolute Gasteiger partial charge is 0.397 e. The van der Waals surface area contributed by atoms with E-state index in [-0.39, 0.29) is 6.61 Å². The molecule has 0 saturated carbocycles. The molecule has 0 aromatic carbocycles. The van der Waals surface area contributed by atoms with Gasteiger partial charge in [0, 0.05) is 12.6 Å². The van der Waals surface area contributed by atoms with Crippen LogP contribution in [-0.2, 0) is 4.79 Å². The Kier molecular flexibility index (Phi) is 18.1. The number of aliphatic hydroxyl groups is 1. The average molecular weight is 288 g/mol. The molecule has 0 amide bonds. The van der Waals surface area contributed by atoms with Gasteiger partial charge >= 0.3 is 0 Å². The second-order valence-corrected chi connectivity index (χ2v) is 5.13. The van der Waals surface area contributed by atoms with E-state index in [4.69, 9.17) is 9.90 Å². The summed E-state index contributed by atoms with van der Waals surface area (Å²) in [5, 5.41) is 7.57. The topological polar surface area (TPSA) is 43.8 Å². The van der Waals surface area contributed by atoms with E-state index < -0.39 is 0 Å². The fourth-order valence-corrected chi connectivity index (χ4v) is 2.57. The van der Waals surface area contributed by atoms with E-state index in [1.807, 2.05) is 6.79 Å². The molecule has 20 heavy (non-hydrogen) atoms. The number of hydrogen-bond donors (Lipinski definition) is 1. The normalized spacial score (nSPS) is 18.2. The number of hydrogen-bond acceptors (Lipinski definition) is 4. The van der Waals surface area contributed by atoms with Gasteiger partial charge in [0.15, 0.2) is 0 Å². The highest BCUT2D eigenvalue weighted by atomic mass is 16.2. The summed E-state index contributed by atoms with van der Waals surface area (Å²) in [6.45, 7) is 17.3. The summed E-state index contributed by atoms with van der Waals surface area (Å²) >= 11 is 0. The third-order valence-corrected chi connectivity index (χ3v) is 3.60. The molecule has 0 bridgehead atoms. The van der Waals surface area contributed by atoms with Crippen molar-refractivity contribution in [2.75, 3.05) is 39.3 Å². The highest BCUT2D eigenvalue weighted by Crippen LogP contribution is 2.16. The molecular formula is C16H36N2O2. The van der Waals surface area contributed by atoms with E-state index in [9.17, 15) is 0 Å². The van der Waals surface area contributed by atoms with Crippen LogP contribution in [0.5, 0.6) is 0 Å². The standard InChI is InChI=1S/C13H28N2.C2H6O.CH2O/c1-4-9-14(5-2)10-7-12-15-11-6-8-13(15)3;1-2-3;1-2/h13H,4-12H2,1-3H3;3H,2H2,1H3;1H2. The van der Waals surface area contributed by atoms with Gasteiger partial charge in [-0.25, -0.2) is 0 Å². The minimum atomic E-state index is 0.250. The maximum Gasteiger partial charge on any atom is 0.106 e. The Balaban J connectivity index is 0. The van der Waals surface area contributed by atoms with Gasteiger partial charge in [-0.15, -0.1) is 0 Å². The van der Waals surface area contributed by atoms with E-state index >= 15 is 0 Å². The van der Waals surface area contributed by atoms with Crippen LogP contribution in [0, 0.1) is 0 Å². The molecule has 4 heteroatoms. The van der Waals surface area contributed by atoms with Crippen molar-refractivity contribution in [3.8, 4) is 0 Å². The van der Waals surface area contributed by atoms with Crippen molar-refractivity contribution < 1.29 is 9.90 Å². The molecule has 1 atom stereocenters. The van der Waals surface area contributed by atoms with Crippen molar-refractivity contribution in [3.05, 3.63) is 0 Å². The van der Waals surface area contributed by atoms with E-state index in [1.165, 1.54) is 58.4 Å². The highest BCUT2D eigenvalue weighted by Gasteiger charge is 2.19. The van der Waals surface area contributed by atoms with Crippen molar-refractivity contribution >= 4 is 6.79 Å². The number of nitrogens with zero attached hydrogens (tertiary/aromatic N) is 2. The van der Waals surface area contributed by atoms with Crippen LogP contribution in [0.3, 0.4) is 0 Å². The summed E-state index contributed by atoms with van der Waals surface area (Å²) in [6.07, 6.45) is 5.45. The van der Waals surface area contributed by atoms with Gasteiger partial charge in [0.25, 0.3) is 0 Å². The highest BCUT2D eigenvalue weighted by molar-refractivity contribution is 5.10. The van der Waals surface area contributed by atoms with Crippen LogP contribution in [0.2, 0.25) is 0 Å². The maximum absolute atomic E-state index is 8.00. The molecular weight excluding hydrogens is 252 g/mol. The fourth-order valence-electron chi connectivity index (χ4n) is 2.57. The van der Waals surface area contributed by atoms with Gasteiger partial charge in [0.05, 0.1) is 0 Å². The van der Waals surface area contributed by atoms with E-state index in [0.29, 0.717) is 0 Å². The molecule has 122 valence electrons. The first-order chi connectivity index (χ1) is 9.69. The van der Waals surface area contributed by atoms with Crippen LogP contribution in [0.1, 0.15) is 53.4 Å². The van der Waals surface area contributed by atoms with Crippen LogP contribution in [0.25, 0.3) is 0 Å². The zero-order chi connectivity index (χ0) is 15.8. The first kappa shape index (κ1) is 21.8. The first-order valence-electron chi connectivity index (χ1n) is 8.05. The number of rotatable bonds is 7. The van der Waals surface area contributed by atoms with Crippen molar-refractivity contribution in [1.29, 1.82) is 0 Å². The van der Waals surface area contributed by atoms with Gasteiger partial charge in [-0.05, 0) is 72.3 Å². The summed E-state index contributed by atoms with van der Waals surface area (Å²) in [5.74, 6) is 0. The zero-order valence-electron chi connectivity index (χ0n) is 14.1. The second-order valence-electron chi connectivity index (χ2n) is 5.13. The Bertz CT molecular complexity index is 191. The fraction of sp³-hybridized carbons (Fsp3) is 0.938. The predicted molar refractivity (Wildman–Crippen MR) is 87.2 cm³/mol. The Morgan fingerprint density at radius 2 is 1.85 bits per heavy atom. The molecule has 0 aromatic rings. The molecule has 1 fully saturated rings. The minimum absolute atomic E-state index is 0.250. The van der Waals surface area contributed by atoms with Crippen LogP contribution >= 0.6 is 0 Å². The third-order valence-electron chi connectivity index (χ3n) is 3.60. The van der Waals surface area contributed by atoms with Gasteiger partial charge in [0.1, 0.15) is 6.79 Å². The van der Waals surface area contributed by atoms with Crippen LogP contribution < -0.4 is 0 Å². The van der Waals surface area contributed by atoms with Gasteiger partial charge in [-0.2, -0.15) is 0 Å². The number of likely N-dealkylation sites (tertiary alicyclic amines) is 1. The van der Waals surface area contributed by atoms with Crippen molar-refractivity contribution in [2.24, 2.45) is 0 Å². The average Bonchev–Trinajstić information content (AvgIpc) is 2.86. The van der Waals surface area contributed by atoms with Gasteiger partial charge < -0.3 is 19.7 Å². The van der Waals surface area contributed by atoms with Crippen molar-refractivity contribution in [2.45, 2.75) is 59.4 Å². The maximum atomic E-state index is 8.00. The summed E-state index contributed by atoms with van der Waals surface area (Å²) < 4.78 is 0. The molecule has 0 aromatic heterocycles. The lowest BCUT2D eigenvalue weighted by Crippen LogP contribution is -2.32. The molecule has 4 nitrogen and oxygen atoms in total. The molecule has 0 radical (unpaired) electrons. The lowest BCUT2D eigenvalue weighted by molar-refractivity contribution is -0.0979.